The monoisotopic (exact) mass is 331 g/mol. The summed E-state index contributed by atoms with van der Waals surface area (Å²) in [6, 6.07) is 7.27. The van der Waals surface area contributed by atoms with E-state index >= 15 is 0 Å². The SMILES string of the molecule is CC(C)(C)OC(=O)NCCC(=O)Nc1cccc(-c2cn[nH]n2)c1. The summed E-state index contributed by atoms with van der Waals surface area (Å²) in [6.07, 6.45) is 1.21. The highest BCUT2D eigenvalue weighted by atomic mass is 16.6. The van der Waals surface area contributed by atoms with Gasteiger partial charge in [-0.25, -0.2) is 4.79 Å². The van der Waals surface area contributed by atoms with Crippen molar-refractivity contribution < 1.29 is 14.3 Å². The molecular weight excluding hydrogens is 310 g/mol. The van der Waals surface area contributed by atoms with E-state index in [4.69, 9.17) is 4.74 Å². The minimum atomic E-state index is -0.562. The molecule has 0 spiro atoms. The van der Waals surface area contributed by atoms with Crippen LogP contribution in [-0.2, 0) is 9.53 Å². The van der Waals surface area contributed by atoms with E-state index in [1.807, 2.05) is 12.1 Å². The molecule has 24 heavy (non-hydrogen) atoms. The van der Waals surface area contributed by atoms with Gasteiger partial charge in [0.2, 0.25) is 5.91 Å². The van der Waals surface area contributed by atoms with E-state index in [1.54, 1.807) is 39.1 Å². The molecule has 0 aliphatic carbocycles. The summed E-state index contributed by atoms with van der Waals surface area (Å²) in [5.74, 6) is -0.205. The molecule has 2 rings (SSSR count). The Bertz CT molecular complexity index is 692. The zero-order valence-corrected chi connectivity index (χ0v) is 13.9. The highest BCUT2D eigenvalue weighted by Crippen LogP contribution is 2.19. The van der Waals surface area contributed by atoms with Gasteiger partial charge in [-0.05, 0) is 32.9 Å². The summed E-state index contributed by atoms with van der Waals surface area (Å²) in [5.41, 5.74) is 1.62. The maximum absolute atomic E-state index is 11.9. The Balaban J connectivity index is 1.81. The lowest BCUT2D eigenvalue weighted by Crippen LogP contribution is -2.34. The topological polar surface area (TPSA) is 109 Å². The van der Waals surface area contributed by atoms with E-state index in [-0.39, 0.29) is 18.9 Å². The summed E-state index contributed by atoms with van der Waals surface area (Å²) < 4.78 is 5.10. The Labute approximate surface area is 140 Å². The predicted molar refractivity (Wildman–Crippen MR) is 89.3 cm³/mol. The Morgan fingerprint density at radius 1 is 1.29 bits per heavy atom. The van der Waals surface area contributed by atoms with Crippen LogP contribution >= 0.6 is 0 Å². The van der Waals surface area contributed by atoms with Gasteiger partial charge in [0.15, 0.2) is 0 Å². The van der Waals surface area contributed by atoms with Crippen LogP contribution in [0.15, 0.2) is 30.5 Å². The van der Waals surface area contributed by atoms with Gasteiger partial charge in [0.1, 0.15) is 11.3 Å². The molecule has 0 saturated heterocycles. The number of benzene rings is 1. The average Bonchev–Trinajstić information content (AvgIpc) is 2.99. The molecule has 1 heterocycles. The molecule has 0 radical (unpaired) electrons. The van der Waals surface area contributed by atoms with Crippen molar-refractivity contribution in [1.82, 2.24) is 20.7 Å². The van der Waals surface area contributed by atoms with Gasteiger partial charge in [-0.2, -0.15) is 15.4 Å². The first kappa shape index (κ1) is 17.5. The molecule has 0 aliphatic heterocycles. The zero-order chi connectivity index (χ0) is 17.6. The molecule has 2 aromatic rings. The molecule has 0 bridgehead atoms. The number of nitrogens with one attached hydrogen (secondary N) is 3. The third-order valence-electron chi connectivity index (χ3n) is 2.88. The number of carbonyl (C=O) groups is 2. The summed E-state index contributed by atoms with van der Waals surface area (Å²) >= 11 is 0. The minimum absolute atomic E-state index is 0.146. The Morgan fingerprint density at radius 2 is 2.08 bits per heavy atom. The highest BCUT2D eigenvalue weighted by molar-refractivity contribution is 5.91. The second kappa shape index (κ2) is 7.58. The number of rotatable bonds is 5. The lowest BCUT2D eigenvalue weighted by Gasteiger charge is -2.19. The number of anilines is 1. The molecule has 8 nitrogen and oxygen atoms in total. The largest absolute Gasteiger partial charge is 0.444 e. The number of hydrogen-bond donors (Lipinski definition) is 3. The fourth-order valence-electron chi connectivity index (χ4n) is 1.91. The molecule has 0 fully saturated rings. The fourth-order valence-corrected chi connectivity index (χ4v) is 1.91. The average molecular weight is 331 g/mol. The maximum atomic E-state index is 11.9. The van der Waals surface area contributed by atoms with E-state index in [2.05, 4.69) is 26.0 Å². The lowest BCUT2D eigenvalue weighted by molar-refractivity contribution is -0.116. The zero-order valence-electron chi connectivity index (χ0n) is 13.9. The molecule has 8 heteroatoms. The van der Waals surface area contributed by atoms with Crippen LogP contribution in [0.5, 0.6) is 0 Å². The Morgan fingerprint density at radius 3 is 2.75 bits per heavy atom. The van der Waals surface area contributed by atoms with Crippen molar-refractivity contribution in [1.29, 1.82) is 0 Å². The first-order chi connectivity index (χ1) is 11.3. The van der Waals surface area contributed by atoms with E-state index in [0.717, 1.165) is 5.56 Å². The molecule has 3 N–H and O–H groups in total. The quantitative estimate of drug-likeness (QED) is 0.779. The fraction of sp³-hybridized carbons (Fsp3) is 0.375. The predicted octanol–water partition coefficient (Wildman–Crippen LogP) is 2.33. The van der Waals surface area contributed by atoms with Crippen LogP contribution in [0.4, 0.5) is 10.5 Å². The third kappa shape index (κ3) is 5.71. The van der Waals surface area contributed by atoms with Gasteiger partial charge in [-0.15, -0.1) is 0 Å². The van der Waals surface area contributed by atoms with Crippen molar-refractivity contribution in [2.24, 2.45) is 0 Å². The summed E-state index contributed by atoms with van der Waals surface area (Å²) in [4.78, 5) is 23.4. The number of aromatic amines is 1. The van der Waals surface area contributed by atoms with Gasteiger partial charge < -0.3 is 15.4 Å². The molecule has 0 atom stereocenters. The highest BCUT2D eigenvalue weighted by Gasteiger charge is 2.15. The van der Waals surface area contributed by atoms with Gasteiger partial charge in [-0.3, -0.25) is 4.79 Å². The summed E-state index contributed by atoms with van der Waals surface area (Å²) in [7, 11) is 0. The number of aromatic nitrogens is 3. The lowest BCUT2D eigenvalue weighted by atomic mass is 10.1. The van der Waals surface area contributed by atoms with Crippen LogP contribution in [0.25, 0.3) is 11.3 Å². The second-order valence-electron chi connectivity index (χ2n) is 6.16. The Hall–Kier alpha value is -2.90. The van der Waals surface area contributed by atoms with Gasteiger partial charge in [0, 0.05) is 24.2 Å². The Kier molecular flexibility index (Phi) is 5.51. The number of ether oxygens (including phenoxy) is 1. The van der Waals surface area contributed by atoms with Gasteiger partial charge in [0.25, 0.3) is 0 Å². The number of nitrogens with zero attached hydrogens (tertiary/aromatic N) is 2. The first-order valence-corrected chi connectivity index (χ1v) is 7.56. The number of carbonyl (C=O) groups excluding carboxylic acids is 2. The van der Waals surface area contributed by atoms with Gasteiger partial charge in [-0.1, -0.05) is 12.1 Å². The molecule has 1 aromatic carbocycles. The van der Waals surface area contributed by atoms with Crippen molar-refractivity contribution >= 4 is 17.7 Å². The molecule has 1 aromatic heterocycles. The smallest absolute Gasteiger partial charge is 0.407 e. The van der Waals surface area contributed by atoms with Crippen LogP contribution in [-0.4, -0.2) is 39.6 Å². The third-order valence-corrected chi connectivity index (χ3v) is 2.88. The van der Waals surface area contributed by atoms with Crippen molar-refractivity contribution in [3.8, 4) is 11.3 Å². The van der Waals surface area contributed by atoms with Crippen LogP contribution in [0.3, 0.4) is 0 Å². The van der Waals surface area contributed by atoms with Crippen molar-refractivity contribution in [2.75, 3.05) is 11.9 Å². The van der Waals surface area contributed by atoms with E-state index < -0.39 is 11.7 Å². The maximum Gasteiger partial charge on any atom is 0.407 e. The number of amides is 2. The van der Waals surface area contributed by atoms with Gasteiger partial charge >= 0.3 is 6.09 Å². The molecule has 0 aliphatic rings. The number of hydrogen-bond acceptors (Lipinski definition) is 5. The van der Waals surface area contributed by atoms with Crippen molar-refractivity contribution in [3.05, 3.63) is 30.5 Å². The molecule has 0 saturated carbocycles. The van der Waals surface area contributed by atoms with Crippen LogP contribution in [0.1, 0.15) is 27.2 Å². The second-order valence-corrected chi connectivity index (χ2v) is 6.16. The van der Waals surface area contributed by atoms with E-state index in [1.165, 1.54) is 0 Å². The molecule has 0 unspecified atom stereocenters. The van der Waals surface area contributed by atoms with E-state index in [0.29, 0.717) is 11.4 Å². The normalized spacial score (nSPS) is 11.0. The molecular formula is C16H21N5O3. The van der Waals surface area contributed by atoms with E-state index in [9.17, 15) is 9.59 Å². The first-order valence-electron chi connectivity index (χ1n) is 7.56. The molecule has 2 amide bonds. The van der Waals surface area contributed by atoms with Crippen LogP contribution < -0.4 is 10.6 Å². The number of H-pyrrole nitrogens is 1. The van der Waals surface area contributed by atoms with Crippen molar-refractivity contribution in [2.45, 2.75) is 32.8 Å². The molecule has 128 valence electrons. The minimum Gasteiger partial charge on any atom is -0.444 e. The summed E-state index contributed by atoms with van der Waals surface area (Å²) in [5, 5.41) is 15.6. The van der Waals surface area contributed by atoms with Crippen LogP contribution in [0, 0.1) is 0 Å². The van der Waals surface area contributed by atoms with Crippen LogP contribution in [0.2, 0.25) is 0 Å². The number of alkyl carbamates (subject to hydrolysis) is 1. The van der Waals surface area contributed by atoms with Gasteiger partial charge in [0.05, 0.1) is 6.20 Å². The standard InChI is InChI=1S/C16H21N5O3/c1-16(2,3)24-15(23)17-8-7-14(22)19-12-6-4-5-11(9-12)13-10-18-21-20-13/h4-6,9-10H,7-8H2,1-3H3,(H,17,23)(H,19,22)(H,18,20,21). The van der Waals surface area contributed by atoms with Crippen molar-refractivity contribution in [3.63, 3.8) is 0 Å². The summed E-state index contributed by atoms with van der Waals surface area (Å²) in [6.45, 7) is 5.53.